The molecule has 0 bridgehead atoms. The minimum Gasteiger partial charge on any atom is -0.398 e. The first-order valence-corrected chi connectivity index (χ1v) is 7.27. The number of hydrogen-bond acceptors (Lipinski definition) is 4. The largest absolute Gasteiger partial charge is 0.398 e. The maximum Gasteiger partial charge on any atom is 0.115 e. The fourth-order valence-electron chi connectivity index (χ4n) is 1.82. The highest BCUT2D eigenvalue weighted by Gasteiger charge is 2.08. The van der Waals surface area contributed by atoms with Crippen LogP contribution in [0.25, 0.3) is 10.8 Å². The zero-order valence-electron chi connectivity index (χ0n) is 9.88. The van der Waals surface area contributed by atoms with E-state index in [0.717, 1.165) is 30.9 Å². The highest BCUT2D eigenvalue weighted by atomic mass is 79.9. The second-order valence-electron chi connectivity index (χ2n) is 3.97. The normalized spacial score (nSPS) is 10.8. The molecule has 2 aromatic heterocycles. The molecule has 1 aromatic carbocycles. The van der Waals surface area contributed by atoms with Crippen molar-refractivity contribution in [1.29, 1.82) is 0 Å². The molecule has 0 aliphatic heterocycles. The molecule has 0 atom stereocenters. The van der Waals surface area contributed by atoms with Crippen molar-refractivity contribution in [2.75, 3.05) is 5.73 Å². The minimum absolute atomic E-state index is 0.743. The van der Waals surface area contributed by atoms with Crippen LogP contribution in [0.5, 0.6) is 0 Å². The van der Waals surface area contributed by atoms with Crippen LogP contribution in [0, 0.1) is 0 Å². The third-order valence-corrected chi connectivity index (χ3v) is 4.74. The van der Waals surface area contributed by atoms with E-state index in [1.54, 1.807) is 30.4 Å². The number of nitrogens with zero attached hydrogens (tertiary/aromatic N) is 2. The monoisotopic (exact) mass is 331 g/mol. The number of rotatable bonds is 2. The van der Waals surface area contributed by atoms with Gasteiger partial charge in [-0.3, -0.25) is 4.98 Å². The fourth-order valence-corrected chi connectivity index (χ4v) is 3.23. The molecule has 0 aliphatic rings. The number of fused-ring (bicyclic) bond motifs is 1. The Morgan fingerprint density at radius 1 is 1.05 bits per heavy atom. The predicted molar refractivity (Wildman–Crippen MR) is 82.2 cm³/mol. The standard InChI is InChI=1S/C14H10BrN3S/c15-11-2-1-6-18-14(11)19-13-4-3-12(16)10-8-17-7-5-9(10)13/h1-8H,16H2. The molecule has 0 radical (unpaired) electrons. The number of pyridine rings is 2. The van der Waals surface area contributed by atoms with Gasteiger partial charge in [-0.2, -0.15) is 0 Å². The second-order valence-corrected chi connectivity index (χ2v) is 5.85. The van der Waals surface area contributed by atoms with E-state index in [2.05, 4.69) is 25.9 Å². The van der Waals surface area contributed by atoms with E-state index in [4.69, 9.17) is 5.73 Å². The molecule has 0 fully saturated rings. The molecule has 5 heteroatoms. The van der Waals surface area contributed by atoms with Crippen LogP contribution < -0.4 is 5.73 Å². The molecule has 3 nitrogen and oxygen atoms in total. The van der Waals surface area contributed by atoms with Gasteiger partial charge in [-0.15, -0.1) is 0 Å². The molecule has 0 amide bonds. The van der Waals surface area contributed by atoms with Crippen LogP contribution in [0.15, 0.2) is 63.3 Å². The van der Waals surface area contributed by atoms with Crippen molar-refractivity contribution >= 4 is 44.2 Å². The minimum atomic E-state index is 0.743. The lowest BCUT2D eigenvalue weighted by Crippen LogP contribution is -1.89. The molecule has 0 aliphatic carbocycles. The van der Waals surface area contributed by atoms with Crippen molar-refractivity contribution in [2.24, 2.45) is 0 Å². The fraction of sp³-hybridized carbons (Fsp3) is 0. The maximum absolute atomic E-state index is 5.97. The first-order valence-electron chi connectivity index (χ1n) is 5.66. The zero-order valence-corrected chi connectivity index (χ0v) is 12.3. The van der Waals surface area contributed by atoms with Crippen molar-refractivity contribution in [3.05, 3.63) is 53.4 Å². The van der Waals surface area contributed by atoms with Gasteiger partial charge in [0.1, 0.15) is 5.03 Å². The van der Waals surface area contributed by atoms with Crippen LogP contribution in [-0.2, 0) is 0 Å². The quantitative estimate of drug-likeness (QED) is 0.717. The Labute approximate surface area is 123 Å². The van der Waals surface area contributed by atoms with Gasteiger partial charge < -0.3 is 5.73 Å². The van der Waals surface area contributed by atoms with E-state index < -0.39 is 0 Å². The Bertz CT molecular complexity index is 746. The highest BCUT2D eigenvalue weighted by Crippen LogP contribution is 2.37. The number of hydrogen-bond donors (Lipinski definition) is 1. The summed E-state index contributed by atoms with van der Waals surface area (Å²) in [5.74, 6) is 0. The summed E-state index contributed by atoms with van der Waals surface area (Å²) < 4.78 is 0.985. The SMILES string of the molecule is Nc1ccc(Sc2ncccc2Br)c2ccncc12. The van der Waals surface area contributed by atoms with Gasteiger partial charge >= 0.3 is 0 Å². The van der Waals surface area contributed by atoms with Gasteiger partial charge in [0.05, 0.1) is 4.47 Å². The summed E-state index contributed by atoms with van der Waals surface area (Å²) in [6.45, 7) is 0. The van der Waals surface area contributed by atoms with E-state index in [-0.39, 0.29) is 0 Å². The van der Waals surface area contributed by atoms with Crippen molar-refractivity contribution in [3.63, 3.8) is 0 Å². The van der Waals surface area contributed by atoms with Crippen LogP contribution in [-0.4, -0.2) is 9.97 Å². The maximum atomic E-state index is 5.97. The lowest BCUT2D eigenvalue weighted by Gasteiger charge is -2.08. The van der Waals surface area contributed by atoms with Gasteiger partial charge in [-0.25, -0.2) is 4.98 Å². The third-order valence-electron chi connectivity index (χ3n) is 2.74. The van der Waals surface area contributed by atoms with Crippen LogP contribution in [0.4, 0.5) is 5.69 Å². The Balaban J connectivity index is 2.12. The van der Waals surface area contributed by atoms with Crippen molar-refractivity contribution in [2.45, 2.75) is 9.92 Å². The summed E-state index contributed by atoms with van der Waals surface area (Å²) in [5, 5.41) is 3.00. The molecular formula is C14H10BrN3S. The van der Waals surface area contributed by atoms with Crippen molar-refractivity contribution < 1.29 is 0 Å². The summed E-state index contributed by atoms with van der Waals surface area (Å²) in [6.07, 6.45) is 5.36. The van der Waals surface area contributed by atoms with Gasteiger partial charge in [0.2, 0.25) is 0 Å². The number of nitrogen functional groups attached to an aromatic ring is 1. The first kappa shape index (κ1) is 12.4. The van der Waals surface area contributed by atoms with Gasteiger partial charge in [0, 0.05) is 39.9 Å². The lowest BCUT2D eigenvalue weighted by atomic mass is 10.1. The second kappa shape index (κ2) is 5.19. The Kier molecular flexibility index (Phi) is 3.40. The highest BCUT2D eigenvalue weighted by molar-refractivity contribution is 9.10. The van der Waals surface area contributed by atoms with Crippen LogP contribution in [0.3, 0.4) is 0 Å². The summed E-state index contributed by atoms with van der Waals surface area (Å²) in [6, 6.07) is 9.78. The molecule has 0 saturated heterocycles. The summed E-state index contributed by atoms with van der Waals surface area (Å²) in [5.41, 5.74) is 6.72. The molecule has 0 unspecified atom stereocenters. The van der Waals surface area contributed by atoms with Crippen LogP contribution in [0.2, 0.25) is 0 Å². The van der Waals surface area contributed by atoms with Gasteiger partial charge in [-0.1, -0.05) is 11.8 Å². The Hall–Kier alpha value is -1.59. The Morgan fingerprint density at radius 2 is 1.95 bits per heavy atom. The smallest absolute Gasteiger partial charge is 0.115 e. The summed E-state index contributed by atoms with van der Waals surface area (Å²) in [7, 11) is 0. The van der Waals surface area contributed by atoms with E-state index in [9.17, 15) is 0 Å². The average Bonchev–Trinajstić information content (AvgIpc) is 2.44. The zero-order chi connectivity index (χ0) is 13.2. The first-order chi connectivity index (χ1) is 9.25. The summed E-state index contributed by atoms with van der Waals surface area (Å²) in [4.78, 5) is 9.61. The number of halogens is 1. The lowest BCUT2D eigenvalue weighted by molar-refractivity contribution is 1.11. The van der Waals surface area contributed by atoms with Crippen molar-refractivity contribution in [1.82, 2.24) is 9.97 Å². The average molecular weight is 332 g/mol. The molecule has 0 saturated carbocycles. The van der Waals surface area contributed by atoms with E-state index >= 15 is 0 Å². The van der Waals surface area contributed by atoms with E-state index in [1.807, 2.05) is 30.3 Å². The molecular weight excluding hydrogens is 322 g/mol. The summed E-state index contributed by atoms with van der Waals surface area (Å²) >= 11 is 5.12. The van der Waals surface area contributed by atoms with E-state index in [1.165, 1.54) is 0 Å². The number of benzene rings is 1. The molecule has 2 heterocycles. The number of aromatic nitrogens is 2. The third kappa shape index (κ3) is 2.43. The van der Waals surface area contributed by atoms with Crippen molar-refractivity contribution in [3.8, 4) is 0 Å². The molecule has 2 N–H and O–H groups in total. The van der Waals surface area contributed by atoms with E-state index in [0.29, 0.717) is 0 Å². The molecule has 0 spiro atoms. The van der Waals surface area contributed by atoms with Crippen LogP contribution >= 0.6 is 27.7 Å². The molecule has 94 valence electrons. The van der Waals surface area contributed by atoms with Gasteiger partial charge in [0.15, 0.2) is 0 Å². The van der Waals surface area contributed by atoms with Crippen LogP contribution in [0.1, 0.15) is 0 Å². The Morgan fingerprint density at radius 3 is 2.79 bits per heavy atom. The molecule has 3 aromatic rings. The van der Waals surface area contributed by atoms with Gasteiger partial charge in [-0.05, 0) is 46.3 Å². The number of nitrogens with two attached hydrogens (primary N) is 1. The topological polar surface area (TPSA) is 51.8 Å². The molecule has 19 heavy (non-hydrogen) atoms. The molecule has 3 rings (SSSR count). The van der Waals surface area contributed by atoms with Gasteiger partial charge in [0.25, 0.3) is 0 Å². The number of anilines is 1. The predicted octanol–water partition coefficient (Wildman–Crippen LogP) is 4.13.